The van der Waals surface area contributed by atoms with Crippen LogP contribution in [0.3, 0.4) is 0 Å². The summed E-state index contributed by atoms with van der Waals surface area (Å²) in [6, 6.07) is 13.2. The molecule has 202 valence electrons. The number of hydrogen-bond acceptors (Lipinski definition) is 6. The molecule has 1 aromatic heterocycles. The fraction of sp³-hybridized carbons (Fsp3) is 0.440. The summed E-state index contributed by atoms with van der Waals surface area (Å²) in [5, 5.41) is 10.2. The van der Waals surface area contributed by atoms with Crippen LogP contribution in [0.4, 0.5) is 13.2 Å². The summed E-state index contributed by atoms with van der Waals surface area (Å²) in [5.41, 5.74) is 8.47. The van der Waals surface area contributed by atoms with Gasteiger partial charge in [0.25, 0.3) is 0 Å². The van der Waals surface area contributed by atoms with Crippen LogP contribution in [0.2, 0.25) is 0 Å². The molecular weight excluding hydrogens is 509 g/mol. The number of alkyl halides is 3. The largest absolute Gasteiger partial charge is 0.490 e. The van der Waals surface area contributed by atoms with Gasteiger partial charge in [-0.1, -0.05) is 30.3 Å². The van der Waals surface area contributed by atoms with E-state index in [1.165, 1.54) is 5.56 Å². The van der Waals surface area contributed by atoms with E-state index in [9.17, 15) is 22.8 Å². The highest BCUT2D eigenvalue weighted by Gasteiger charge is 2.43. The summed E-state index contributed by atoms with van der Waals surface area (Å²) < 4.78 is 31.7. The number of thiol groups is 1. The SMILES string of the molecule is Cc1ccccc1CC1(C(=O)NCc2ccccn2)CCN(C(=O)[C@@H](N)CS)CC1.O=C(O)C(F)(F)F. The molecule has 0 radical (unpaired) electrons. The van der Waals surface area contributed by atoms with Gasteiger partial charge in [0.15, 0.2) is 0 Å². The minimum Gasteiger partial charge on any atom is -0.475 e. The van der Waals surface area contributed by atoms with Gasteiger partial charge in [-0.2, -0.15) is 25.8 Å². The van der Waals surface area contributed by atoms with Crippen molar-refractivity contribution in [1.82, 2.24) is 15.2 Å². The monoisotopic (exact) mass is 540 g/mol. The topological polar surface area (TPSA) is 126 Å². The molecule has 1 saturated heterocycles. The molecule has 1 aliphatic rings. The summed E-state index contributed by atoms with van der Waals surface area (Å²) >= 11 is 4.14. The summed E-state index contributed by atoms with van der Waals surface area (Å²) in [5.74, 6) is -2.52. The number of pyridine rings is 1. The number of amides is 2. The Morgan fingerprint density at radius 3 is 2.27 bits per heavy atom. The van der Waals surface area contributed by atoms with Crippen LogP contribution in [0.25, 0.3) is 0 Å². The molecule has 0 spiro atoms. The van der Waals surface area contributed by atoms with Crippen molar-refractivity contribution < 1.29 is 32.7 Å². The van der Waals surface area contributed by atoms with E-state index < -0.39 is 23.6 Å². The second kappa shape index (κ2) is 13.4. The first-order chi connectivity index (χ1) is 17.4. The number of rotatable bonds is 7. The summed E-state index contributed by atoms with van der Waals surface area (Å²) in [4.78, 5) is 40.8. The number of carboxylic acid groups (broad SMARTS) is 1. The molecule has 2 heterocycles. The van der Waals surface area contributed by atoms with E-state index in [4.69, 9.17) is 15.6 Å². The highest BCUT2D eigenvalue weighted by atomic mass is 32.1. The number of carboxylic acids is 1. The molecule has 3 rings (SSSR count). The van der Waals surface area contributed by atoms with Crippen molar-refractivity contribution in [2.24, 2.45) is 11.1 Å². The number of carbonyl (C=O) groups is 3. The first kappa shape index (κ1) is 30.1. The fourth-order valence-electron chi connectivity index (χ4n) is 3.99. The lowest BCUT2D eigenvalue weighted by atomic mass is 9.72. The molecule has 0 saturated carbocycles. The molecule has 4 N–H and O–H groups in total. The molecular formula is C25H31F3N4O4S. The highest BCUT2D eigenvalue weighted by Crippen LogP contribution is 2.36. The number of nitrogens with one attached hydrogen (secondary N) is 1. The number of aliphatic carboxylic acids is 1. The molecule has 1 fully saturated rings. The van der Waals surface area contributed by atoms with Crippen LogP contribution in [0.1, 0.15) is 29.7 Å². The highest BCUT2D eigenvalue weighted by molar-refractivity contribution is 7.80. The number of nitrogens with zero attached hydrogens (tertiary/aromatic N) is 2. The Hall–Kier alpha value is -3.12. The number of nitrogens with two attached hydrogens (primary N) is 1. The number of carbonyl (C=O) groups excluding carboxylic acids is 2. The van der Waals surface area contributed by atoms with Crippen LogP contribution < -0.4 is 11.1 Å². The van der Waals surface area contributed by atoms with Gasteiger partial charge < -0.3 is 21.1 Å². The zero-order valence-electron chi connectivity index (χ0n) is 20.4. The van der Waals surface area contributed by atoms with Gasteiger partial charge in [-0.3, -0.25) is 14.6 Å². The maximum Gasteiger partial charge on any atom is 0.490 e. The van der Waals surface area contributed by atoms with Gasteiger partial charge in [-0.15, -0.1) is 0 Å². The van der Waals surface area contributed by atoms with E-state index >= 15 is 0 Å². The van der Waals surface area contributed by atoms with E-state index in [0.29, 0.717) is 44.6 Å². The third kappa shape index (κ3) is 8.74. The van der Waals surface area contributed by atoms with Crippen LogP contribution in [0.15, 0.2) is 48.7 Å². The standard InChI is InChI=1S/C23H30N4O2S.C2HF3O2/c1-17-6-2-3-7-18(17)14-23(22(29)26-15-19-8-4-5-11-25-19)9-12-27(13-10-23)21(28)20(24)16-30;3-2(4,5)1(6)7/h2-8,11,20,30H,9-10,12-16,24H2,1H3,(H,26,29);(H,6,7)/t20-;/m0./s1. The minimum atomic E-state index is -5.08. The second-order valence-corrected chi connectivity index (χ2v) is 9.17. The van der Waals surface area contributed by atoms with E-state index in [-0.39, 0.29) is 11.8 Å². The number of aryl methyl sites for hydroxylation is 1. The maximum absolute atomic E-state index is 13.4. The van der Waals surface area contributed by atoms with Gasteiger partial charge in [0.2, 0.25) is 11.8 Å². The zero-order valence-corrected chi connectivity index (χ0v) is 21.3. The van der Waals surface area contributed by atoms with Gasteiger partial charge in [-0.05, 0) is 49.4 Å². The lowest BCUT2D eigenvalue weighted by Gasteiger charge is -2.41. The molecule has 2 amide bonds. The number of benzene rings is 1. The molecule has 0 aliphatic carbocycles. The number of piperidine rings is 1. The van der Waals surface area contributed by atoms with E-state index in [1.54, 1.807) is 11.1 Å². The van der Waals surface area contributed by atoms with Gasteiger partial charge in [-0.25, -0.2) is 4.79 Å². The summed E-state index contributed by atoms with van der Waals surface area (Å²) in [7, 11) is 0. The van der Waals surface area contributed by atoms with Crippen molar-refractivity contribution in [3.63, 3.8) is 0 Å². The third-order valence-corrected chi connectivity index (χ3v) is 6.61. The van der Waals surface area contributed by atoms with Gasteiger partial charge in [0, 0.05) is 25.0 Å². The van der Waals surface area contributed by atoms with E-state index in [0.717, 1.165) is 11.3 Å². The second-order valence-electron chi connectivity index (χ2n) is 8.80. The normalized spacial score (nSPS) is 15.7. The Kier molecular flexibility index (Phi) is 10.9. The molecule has 0 unspecified atom stereocenters. The van der Waals surface area contributed by atoms with Gasteiger partial charge in [0.05, 0.1) is 23.7 Å². The first-order valence-corrected chi connectivity index (χ1v) is 12.2. The molecule has 37 heavy (non-hydrogen) atoms. The van der Waals surface area contributed by atoms with Gasteiger partial charge >= 0.3 is 12.1 Å². The third-order valence-electron chi connectivity index (χ3n) is 6.22. The number of likely N-dealkylation sites (tertiary alicyclic amines) is 1. The van der Waals surface area contributed by atoms with Crippen LogP contribution in [0, 0.1) is 12.3 Å². The molecule has 8 nitrogen and oxygen atoms in total. The molecule has 1 aromatic carbocycles. The van der Waals surface area contributed by atoms with Crippen molar-refractivity contribution in [2.45, 2.75) is 44.9 Å². The predicted octanol–water partition coefficient (Wildman–Crippen LogP) is 2.75. The Morgan fingerprint density at radius 2 is 1.76 bits per heavy atom. The van der Waals surface area contributed by atoms with Crippen LogP contribution >= 0.6 is 12.6 Å². The Morgan fingerprint density at radius 1 is 1.16 bits per heavy atom. The summed E-state index contributed by atoms with van der Waals surface area (Å²) in [6.07, 6.45) is -1.52. The first-order valence-electron chi connectivity index (χ1n) is 11.6. The molecule has 12 heteroatoms. The van der Waals surface area contributed by atoms with Crippen molar-refractivity contribution in [3.05, 3.63) is 65.5 Å². The summed E-state index contributed by atoms with van der Waals surface area (Å²) in [6.45, 7) is 3.49. The van der Waals surface area contributed by atoms with E-state index in [1.807, 2.05) is 30.3 Å². The quantitative estimate of drug-likeness (QED) is 0.400. The fourth-order valence-corrected chi connectivity index (χ4v) is 4.14. The molecule has 0 bridgehead atoms. The Balaban J connectivity index is 0.000000604. The number of hydrogen-bond donors (Lipinski definition) is 4. The maximum atomic E-state index is 13.4. The average molecular weight is 541 g/mol. The van der Waals surface area contributed by atoms with Crippen molar-refractivity contribution in [3.8, 4) is 0 Å². The molecule has 1 atom stereocenters. The number of aromatic nitrogens is 1. The lowest BCUT2D eigenvalue weighted by Crippen LogP contribution is -2.54. The Labute approximate surface area is 218 Å². The van der Waals surface area contributed by atoms with E-state index in [2.05, 4.69) is 42.0 Å². The van der Waals surface area contributed by atoms with Crippen LogP contribution in [0.5, 0.6) is 0 Å². The van der Waals surface area contributed by atoms with Crippen molar-refractivity contribution >= 4 is 30.4 Å². The minimum absolute atomic E-state index is 0.0157. The van der Waals surface area contributed by atoms with Crippen molar-refractivity contribution in [1.29, 1.82) is 0 Å². The lowest BCUT2D eigenvalue weighted by molar-refractivity contribution is -0.192. The van der Waals surface area contributed by atoms with Crippen LogP contribution in [-0.2, 0) is 27.3 Å². The van der Waals surface area contributed by atoms with Gasteiger partial charge in [0.1, 0.15) is 0 Å². The molecule has 1 aliphatic heterocycles. The average Bonchev–Trinajstić information content (AvgIpc) is 2.88. The Bertz CT molecular complexity index is 1060. The predicted molar refractivity (Wildman–Crippen MR) is 135 cm³/mol. The van der Waals surface area contributed by atoms with Crippen LogP contribution in [-0.4, -0.2) is 63.8 Å². The molecule has 2 aromatic rings. The number of halogens is 3. The van der Waals surface area contributed by atoms with Crippen molar-refractivity contribution in [2.75, 3.05) is 18.8 Å². The smallest absolute Gasteiger partial charge is 0.475 e. The zero-order chi connectivity index (χ0) is 27.6.